The summed E-state index contributed by atoms with van der Waals surface area (Å²) in [5, 5.41) is 0. The molecule has 2 rings (SSSR count). The molecule has 74 valence electrons. The molecule has 0 aliphatic rings. The molecule has 2 heterocycles. The lowest BCUT2D eigenvalue weighted by atomic mass is 10.2. The van der Waals surface area contributed by atoms with Gasteiger partial charge in [-0.15, -0.1) is 0 Å². The lowest BCUT2D eigenvalue weighted by Gasteiger charge is -2.02. The average molecular weight is 311 g/mol. The van der Waals surface area contributed by atoms with Crippen LogP contribution in [0.25, 0.3) is 11.4 Å². The predicted octanol–water partition coefficient (Wildman–Crippen LogP) is 2.11. The van der Waals surface area contributed by atoms with E-state index in [0.29, 0.717) is 17.1 Å². The second kappa shape index (κ2) is 4.43. The van der Waals surface area contributed by atoms with Gasteiger partial charge in [0.1, 0.15) is 5.69 Å². The maximum absolute atomic E-state index is 11.3. The minimum Gasteiger partial charge on any atom is -0.280 e. The molecule has 0 saturated carbocycles. The van der Waals surface area contributed by atoms with Gasteiger partial charge in [-0.05, 0) is 18.2 Å². The summed E-state index contributed by atoms with van der Waals surface area (Å²) in [6, 6.07) is 5.27. The Morgan fingerprint density at radius 3 is 2.40 bits per heavy atom. The van der Waals surface area contributed by atoms with E-state index in [1.807, 2.05) is 0 Å². The van der Waals surface area contributed by atoms with Crippen molar-refractivity contribution in [3.63, 3.8) is 0 Å². The zero-order chi connectivity index (χ0) is 10.7. The number of aromatic nitrogens is 3. The zero-order valence-corrected chi connectivity index (χ0v) is 9.75. The van der Waals surface area contributed by atoms with E-state index < -0.39 is 0 Å². The molecular weight excluding hydrogens is 305 g/mol. The fraction of sp³-hybridized carbons (Fsp3) is 0. The van der Waals surface area contributed by atoms with Gasteiger partial charge in [0.15, 0.2) is 5.82 Å². The molecule has 0 N–H and O–H groups in total. The van der Waals surface area contributed by atoms with Gasteiger partial charge in [-0.3, -0.25) is 9.78 Å². The molecule has 0 bridgehead atoms. The van der Waals surface area contributed by atoms with Crippen LogP contribution in [0.2, 0.25) is 0 Å². The number of carbonyl (C=O) groups is 1. The van der Waals surface area contributed by atoms with Crippen LogP contribution in [-0.4, -0.2) is 18.7 Å². The van der Waals surface area contributed by atoms with E-state index in [-0.39, 0.29) is 3.79 Å². The Morgan fingerprint density at radius 2 is 1.73 bits per heavy atom. The first-order valence-electron chi connectivity index (χ1n) is 4.21. The number of pyridine rings is 1. The van der Waals surface area contributed by atoms with Gasteiger partial charge in [-0.25, -0.2) is 9.97 Å². The van der Waals surface area contributed by atoms with Crippen LogP contribution in [0.1, 0.15) is 10.5 Å². The summed E-state index contributed by atoms with van der Waals surface area (Å²) in [6.07, 6.45) is 4.85. The first-order valence-corrected chi connectivity index (χ1v) is 5.29. The Kier molecular flexibility index (Phi) is 3.00. The highest BCUT2D eigenvalue weighted by molar-refractivity contribution is 14.1. The second-order valence-corrected chi connectivity index (χ2v) is 3.73. The standard InChI is InChI=1S/C10H6IN3O/c11-9(15)8-7(3-1-4-12-8)10-13-5-2-6-14-10/h1-6H. The highest BCUT2D eigenvalue weighted by Crippen LogP contribution is 2.19. The van der Waals surface area contributed by atoms with Crippen molar-refractivity contribution in [2.75, 3.05) is 0 Å². The van der Waals surface area contributed by atoms with Crippen molar-refractivity contribution in [2.24, 2.45) is 0 Å². The minimum atomic E-state index is -0.115. The number of hydrogen-bond donors (Lipinski definition) is 0. The van der Waals surface area contributed by atoms with Gasteiger partial charge in [-0.2, -0.15) is 0 Å². The quantitative estimate of drug-likeness (QED) is 0.630. The molecular formula is C10H6IN3O. The van der Waals surface area contributed by atoms with Crippen LogP contribution < -0.4 is 0 Å². The van der Waals surface area contributed by atoms with E-state index in [2.05, 4.69) is 15.0 Å². The van der Waals surface area contributed by atoms with Crippen molar-refractivity contribution < 1.29 is 4.79 Å². The van der Waals surface area contributed by atoms with Crippen LogP contribution in [0.3, 0.4) is 0 Å². The van der Waals surface area contributed by atoms with Crippen molar-refractivity contribution in [3.05, 3.63) is 42.5 Å². The van der Waals surface area contributed by atoms with E-state index in [0.717, 1.165) is 0 Å². The van der Waals surface area contributed by atoms with Crippen LogP contribution in [-0.2, 0) is 0 Å². The van der Waals surface area contributed by atoms with Crippen molar-refractivity contribution in [1.29, 1.82) is 0 Å². The molecule has 0 atom stereocenters. The van der Waals surface area contributed by atoms with E-state index in [9.17, 15) is 4.79 Å². The molecule has 0 amide bonds. The normalized spacial score (nSPS) is 9.93. The third-order valence-electron chi connectivity index (χ3n) is 1.80. The lowest BCUT2D eigenvalue weighted by Crippen LogP contribution is -1.99. The van der Waals surface area contributed by atoms with Gasteiger partial charge >= 0.3 is 0 Å². The molecule has 15 heavy (non-hydrogen) atoms. The zero-order valence-electron chi connectivity index (χ0n) is 7.59. The van der Waals surface area contributed by atoms with Gasteiger partial charge in [-0.1, -0.05) is 0 Å². The molecule has 4 nitrogen and oxygen atoms in total. The molecule has 2 aromatic heterocycles. The highest BCUT2D eigenvalue weighted by atomic mass is 127. The number of rotatable bonds is 2. The molecule has 5 heteroatoms. The van der Waals surface area contributed by atoms with Gasteiger partial charge in [0.25, 0.3) is 0 Å². The van der Waals surface area contributed by atoms with Crippen LogP contribution >= 0.6 is 22.6 Å². The molecule has 0 saturated heterocycles. The van der Waals surface area contributed by atoms with Gasteiger partial charge < -0.3 is 0 Å². The summed E-state index contributed by atoms with van der Waals surface area (Å²) in [5.41, 5.74) is 1.06. The summed E-state index contributed by atoms with van der Waals surface area (Å²) in [5.74, 6) is 0.519. The molecule has 0 aromatic carbocycles. The Morgan fingerprint density at radius 1 is 1.07 bits per heavy atom. The molecule has 0 unspecified atom stereocenters. The summed E-state index contributed by atoms with van der Waals surface area (Å²) >= 11 is 1.70. The molecule has 2 aromatic rings. The number of hydrogen-bond acceptors (Lipinski definition) is 4. The van der Waals surface area contributed by atoms with Crippen LogP contribution in [0.5, 0.6) is 0 Å². The van der Waals surface area contributed by atoms with Crippen molar-refractivity contribution in [2.45, 2.75) is 0 Å². The van der Waals surface area contributed by atoms with Gasteiger partial charge in [0.2, 0.25) is 3.79 Å². The first kappa shape index (κ1) is 10.2. The smallest absolute Gasteiger partial charge is 0.241 e. The summed E-state index contributed by atoms with van der Waals surface area (Å²) < 4.78 is -0.115. The number of carbonyl (C=O) groups excluding carboxylic acids is 1. The molecule has 0 fully saturated rings. The van der Waals surface area contributed by atoms with E-state index in [1.54, 1.807) is 59.4 Å². The molecule has 0 spiro atoms. The second-order valence-electron chi connectivity index (χ2n) is 2.75. The number of halogens is 1. The molecule has 0 aliphatic carbocycles. The lowest BCUT2D eigenvalue weighted by molar-refractivity contribution is 0.110. The Balaban J connectivity index is 2.58. The van der Waals surface area contributed by atoms with Gasteiger partial charge in [0, 0.05) is 46.7 Å². The van der Waals surface area contributed by atoms with Crippen molar-refractivity contribution >= 4 is 26.4 Å². The Hall–Kier alpha value is -1.37. The Labute approximate surface area is 99.9 Å². The maximum Gasteiger partial charge on any atom is 0.241 e. The average Bonchev–Trinajstić information content (AvgIpc) is 2.30. The summed E-state index contributed by atoms with van der Waals surface area (Å²) in [7, 11) is 0. The van der Waals surface area contributed by atoms with Crippen LogP contribution in [0.4, 0.5) is 0 Å². The predicted molar refractivity (Wildman–Crippen MR) is 63.6 cm³/mol. The van der Waals surface area contributed by atoms with Gasteiger partial charge in [0.05, 0.1) is 0 Å². The molecule has 0 radical (unpaired) electrons. The van der Waals surface area contributed by atoms with E-state index in [1.165, 1.54) is 0 Å². The Bertz CT molecular complexity index is 487. The fourth-order valence-electron chi connectivity index (χ4n) is 1.18. The SMILES string of the molecule is O=C(I)c1ncccc1-c1ncccn1. The number of nitrogens with zero attached hydrogens (tertiary/aromatic N) is 3. The highest BCUT2D eigenvalue weighted by Gasteiger charge is 2.12. The van der Waals surface area contributed by atoms with Crippen molar-refractivity contribution in [1.82, 2.24) is 15.0 Å². The van der Waals surface area contributed by atoms with Crippen LogP contribution in [0.15, 0.2) is 36.8 Å². The topological polar surface area (TPSA) is 55.7 Å². The minimum absolute atomic E-state index is 0.115. The van der Waals surface area contributed by atoms with Crippen molar-refractivity contribution in [3.8, 4) is 11.4 Å². The summed E-state index contributed by atoms with van der Waals surface area (Å²) in [4.78, 5) is 23.5. The molecule has 0 aliphatic heterocycles. The third-order valence-corrected chi connectivity index (χ3v) is 2.31. The first-order chi connectivity index (χ1) is 7.29. The van der Waals surface area contributed by atoms with Crippen LogP contribution in [0, 0.1) is 0 Å². The van der Waals surface area contributed by atoms with E-state index >= 15 is 0 Å². The maximum atomic E-state index is 11.3. The largest absolute Gasteiger partial charge is 0.280 e. The third kappa shape index (κ3) is 2.17. The summed E-state index contributed by atoms with van der Waals surface area (Å²) in [6.45, 7) is 0. The monoisotopic (exact) mass is 311 g/mol. The fourth-order valence-corrected chi connectivity index (χ4v) is 1.61. The van der Waals surface area contributed by atoms with E-state index in [4.69, 9.17) is 0 Å².